The van der Waals surface area contributed by atoms with Gasteiger partial charge in [0.05, 0.1) is 12.6 Å². The number of hydrogen-bond donors (Lipinski definition) is 2. The van der Waals surface area contributed by atoms with Gasteiger partial charge < -0.3 is 19.9 Å². The maximum absolute atomic E-state index is 12.7. The minimum atomic E-state index is -4.44. The van der Waals surface area contributed by atoms with E-state index in [-0.39, 0.29) is 43.2 Å². The van der Waals surface area contributed by atoms with Crippen molar-refractivity contribution in [2.24, 2.45) is 12.0 Å². The number of guanidine groups is 1. The summed E-state index contributed by atoms with van der Waals surface area (Å²) in [7, 11) is 1.85. The van der Waals surface area contributed by atoms with E-state index in [0.717, 1.165) is 42.0 Å². The maximum atomic E-state index is 12.7. The molecule has 0 aromatic carbocycles. The Balaban J connectivity index is 0.00000300. The first-order valence-electron chi connectivity index (χ1n) is 8.83. The van der Waals surface area contributed by atoms with Crippen LogP contribution in [0.1, 0.15) is 35.2 Å². The lowest BCUT2D eigenvalue weighted by Crippen LogP contribution is -2.40. The zero-order chi connectivity index (χ0) is 20.1. The number of aromatic nitrogens is 4. The van der Waals surface area contributed by atoms with E-state index in [1.807, 2.05) is 18.5 Å². The number of thiazole rings is 1. The monoisotopic (exact) mass is 545 g/mol. The summed E-state index contributed by atoms with van der Waals surface area (Å²) in [6.07, 6.45) is -2.36. The van der Waals surface area contributed by atoms with Crippen LogP contribution < -0.4 is 10.6 Å². The summed E-state index contributed by atoms with van der Waals surface area (Å²) in [5, 5.41) is 15.6. The molecular formula is C16H23F3IN7OS. The lowest BCUT2D eigenvalue weighted by molar-refractivity contribution is -0.140. The highest BCUT2D eigenvalue weighted by Gasteiger charge is 2.33. The Morgan fingerprint density at radius 1 is 1.38 bits per heavy atom. The lowest BCUT2D eigenvalue weighted by Gasteiger charge is -2.15. The van der Waals surface area contributed by atoms with Gasteiger partial charge in [0.1, 0.15) is 17.4 Å². The molecule has 162 valence electrons. The van der Waals surface area contributed by atoms with Crippen LogP contribution in [-0.2, 0) is 31.1 Å². The maximum Gasteiger partial charge on any atom is 0.434 e. The average Bonchev–Trinajstić information content (AvgIpc) is 3.38. The largest absolute Gasteiger partial charge is 0.434 e. The van der Waals surface area contributed by atoms with E-state index < -0.39 is 11.9 Å². The van der Waals surface area contributed by atoms with Crippen molar-refractivity contribution >= 4 is 41.3 Å². The zero-order valence-electron chi connectivity index (χ0n) is 16.0. The molecule has 3 rings (SSSR count). The molecule has 2 aromatic heterocycles. The second kappa shape index (κ2) is 10.5. The lowest BCUT2D eigenvalue weighted by atomic mass is 10.2. The standard InChI is InChI=1S/C16H22F3N7OS.HI/c1-10-24-25-13(26(10)2)7-21-15(20-6-11-4-3-5-27-11)22-8-14-23-12(9-28-14)16(17,18)19;/h9,11H,3-8H2,1-2H3,(H2,20,21,22);1H. The van der Waals surface area contributed by atoms with Crippen LogP contribution in [0.25, 0.3) is 0 Å². The van der Waals surface area contributed by atoms with Crippen LogP contribution in [0.4, 0.5) is 13.2 Å². The van der Waals surface area contributed by atoms with Gasteiger partial charge in [-0.3, -0.25) is 0 Å². The number of nitrogens with zero attached hydrogens (tertiary/aromatic N) is 5. The van der Waals surface area contributed by atoms with E-state index in [2.05, 4.69) is 30.8 Å². The Morgan fingerprint density at radius 2 is 2.17 bits per heavy atom. The van der Waals surface area contributed by atoms with Gasteiger partial charge in [-0.1, -0.05) is 0 Å². The molecule has 0 aliphatic carbocycles. The fraction of sp³-hybridized carbons (Fsp3) is 0.625. The molecule has 3 heterocycles. The molecule has 1 atom stereocenters. The minimum absolute atomic E-state index is 0. The zero-order valence-corrected chi connectivity index (χ0v) is 19.1. The number of hydrogen-bond acceptors (Lipinski definition) is 6. The average molecular weight is 545 g/mol. The second-order valence-corrected chi connectivity index (χ2v) is 7.32. The van der Waals surface area contributed by atoms with Crippen molar-refractivity contribution in [1.82, 2.24) is 30.4 Å². The van der Waals surface area contributed by atoms with E-state index in [1.54, 1.807) is 0 Å². The number of rotatable bonds is 6. The van der Waals surface area contributed by atoms with Gasteiger partial charge in [0.25, 0.3) is 0 Å². The molecule has 0 spiro atoms. The number of ether oxygens (including phenoxy) is 1. The molecule has 0 bridgehead atoms. The van der Waals surface area contributed by atoms with Crippen molar-refractivity contribution in [1.29, 1.82) is 0 Å². The van der Waals surface area contributed by atoms with Gasteiger partial charge in [-0.25, -0.2) is 9.98 Å². The molecule has 0 radical (unpaired) electrons. The van der Waals surface area contributed by atoms with Gasteiger partial charge in [0.15, 0.2) is 17.5 Å². The molecule has 0 amide bonds. The Morgan fingerprint density at radius 3 is 2.76 bits per heavy atom. The number of alkyl halides is 3. The third kappa shape index (κ3) is 6.77. The van der Waals surface area contributed by atoms with Crippen molar-refractivity contribution in [3.63, 3.8) is 0 Å². The van der Waals surface area contributed by atoms with Gasteiger partial charge in [-0.05, 0) is 19.8 Å². The highest BCUT2D eigenvalue weighted by Crippen LogP contribution is 2.29. The molecular weight excluding hydrogens is 522 g/mol. The Bertz CT molecular complexity index is 818. The molecule has 1 unspecified atom stereocenters. The van der Waals surface area contributed by atoms with E-state index in [0.29, 0.717) is 23.3 Å². The normalized spacial score (nSPS) is 17.3. The fourth-order valence-electron chi connectivity index (χ4n) is 2.61. The number of nitrogens with one attached hydrogen (secondary N) is 2. The summed E-state index contributed by atoms with van der Waals surface area (Å²) < 4.78 is 45.5. The molecule has 0 saturated carbocycles. The SMILES string of the molecule is Cc1nnc(CN=C(NCc2nc(C(F)(F)F)cs2)NCC2CCCO2)n1C.I. The van der Waals surface area contributed by atoms with Gasteiger partial charge in [-0.2, -0.15) is 13.2 Å². The summed E-state index contributed by atoms with van der Waals surface area (Å²) in [4.78, 5) is 8.09. The third-order valence-electron chi connectivity index (χ3n) is 4.33. The van der Waals surface area contributed by atoms with Crippen LogP contribution in [0.5, 0.6) is 0 Å². The predicted octanol–water partition coefficient (Wildman–Crippen LogP) is 2.63. The molecule has 1 fully saturated rings. The minimum Gasteiger partial charge on any atom is -0.376 e. The first kappa shape index (κ1) is 23.8. The Hall–Kier alpha value is -1.48. The highest BCUT2D eigenvalue weighted by atomic mass is 127. The molecule has 8 nitrogen and oxygen atoms in total. The Kier molecular flexibility index (Phi) is 8.63. The van der Waals surface area contributed by atoms with Gasteiger partial charge in [-0.15, -0.1) is 45.5 Å². The van der Waals surface area contributed by atoms with Crippen LogP contribution >= 0.6 is 35.3 Å². The van der Waals surface area contributed by atoms with Crippen molar-refractivity contribution < 1.29 is 17.9 Å². The van der Waals surface area contributed by atoms with Gasteiger partial charge >= 0.3 is 6.18 Å². The van der Waals surface area contributed by atoms with E-state index in [9.17, 15) is 13.2 Å². The van der Waals surface area contributed by atoms with Crippen LogP contribution in [0.2, 0.25) is 0 Å². The fourth-order valence-corrected chi connectivity index (χ4v) is 3.35. The summed E-state index contributed by atoms with van der Waals surface area (Å²) in [6, 6.07) is 0. The van der Waals surface area contributed by atoms with Crippen LogP contribution in [-0.4, -0.2) is 45.0 Å². The van der Waals surface area contributed by atoms with Crippen molar-refractivity contribution in [2.45, 2.75) is 45.1 Å². The van der Waals surface area contributed by atoms with Crippen LogP contribution in [0, 0.1) is 6.92 Å². The first-order valence-corrected chi connectivity index (χ1v) is 9.71. The van der Waals surface area contributed by atoms with Crippen molar-refractivity contribution in [3.05, 3.63) is 27.7 Å². The summed E-state index contributed by atoms with van der Waals surface area (Å²) >= 11 is 0.955. The molecule has 2 N–H and O–H groups in total. The smallest absolute Gasteiger partial charge is 0.376 e. The number of halogens is 4. The topological polar surface area (TPSA) is 89.2 Å². The Labute approximate surface area is 187 Å². The molecule has 29 heavy (non-hydrogen) atoms. The summed E-state index contributed by atoms with van der Waals surface area (Å²) in [5.74, 6) is 1.92. The third-order valence-corrected chi connectivity index (χ3v) is 5.18. The first-order chi connectivity index (χ1) is 13.3. The quantitative estimate of drug-likeness (QED) is 0.330. The van der Waals surface area contributed by atoms with Crippen molar-refractivity contribution in [3.8, 4) is 0 Å². The van der Waals surface area contributed by atoms with Gasteiger partial charge in [0, 0.05) is 25.6 Å². The summed E-state index contributed by atoms with van der Waals surface area (Å²) in [6.45, 7) is 3.56. The highest BCUT2D eigenvalue weighted by molar-refractivity contribution is 14.0. The van der Waals surface area contributed by atoms with Crippen LogP contribution in [0.3, 0.4) is 0 Å². The molecule has 13 heteroatoms. The predicted molar refractivity (Wildman–Crippen MR) is 113 cm³/mol. The van der Waals surface area contributed by atoms with E-state index in [4.69, 9.17) is 4.74 Å². The second-order valence-electron chi connectivity index (χ2n) is 6.38. The summed E-state index contributed by atoms with van der Waals surface area (Å²) in [5.41, 5.74) is -0.880. The van der Waals surface area contributed by atoms with E-state index >= 15 is 0 Å². The van der Waals surface area contributed by atoms with Crippen molar-refractivity contribution in [2.75, 3.05) is 13.2 Å². The molecule has 2 aromatic rings. The van der Waals surface area contributed by atoms with Gasteiger partial charge in [0.2, 0.25) is 0 Å². The molecule has 1 aliphatic heterocycles. The van der Waals surface area contributed by atoms with Crippen LogP contribution in [0.15, 0.2) is 10.4 Å². The number of aliphatic imine (C=N–C) groups is 1. The number of aryl methyl sites for hydroxylation is 1. The molecule has 1 saturated heterocycles. The molecule has 1 aliphatic rings. The van der Waals surface area contributed by atoms with E-state index in [1.165, 1.54) is 0 Å².